The van der Waals surface area contributed by atoms with Gasteiger partial charge in [-0.1, -0.05) is 12.1 Å². The molecule has 1 aliphatic heterocycles. The van der Waals surface area contributed by atoms with E-state index in [1.165, 1.54) is 17.0 Å². The summed E-state index contributed by atoms with van der Waals surface area (Å²) in [6.45, 7) is 1.94. The lowest BCUT2D eigenvalue weighted by Crippen LogP contribution is -2.48. The largest absolute Gasteiger partial charge is 0.395 e. The van der Waals surface area contributed by atoms with Crippen molar-refractivity contribution in [1.29, 1.82) is 0 Å². The summed E-state index contributed by atoms with van der Waals surface area (Å²) in [6, 6.07) is 6.24. The molecule has 1 saturated heterocycles. The molecule has 2 rings (SSSR count). The molecule has 5 nitrogen and oxygen atoms in total. The smallest absolute Gasteiger partial charge is 0.317 e. The quantitative estimate of drug-likeness (QED) is 0.866. The Morgan fingerprint density at radius 3 is 2.59 bits per heavy atom. The Morgan fingerprint density at radius 1 is 1.36 bits per heavy atom. The summed E-state index contributed by atoms with van der Waals surface area (Å²) in [7, 11) is 1.64. The number of rotatable bonds is 5. The zero-order valence-electron chi connectivity index (χ0n) is 12.8. The van der Waals surface area contributed by atoms with Gasteiger partial charge in [-0.2, -0.15) is 0 Å². The summed E-state index contributed by atoms with van der Waals surface area (Å²) >= 11 is 0. The van der Waals surface area contributed by atoms with E-state index in [0.717, 1.165) is 18.4 Å². The average Bonchev–Trinajstić information content (AvgIpc) is 2.54. The number of halogens is 1. The normalized spacial score (nSPS) is 17.0. The third-order valence-electron chi connectivity index (χ3n) is 4.27. The first-order chi connectivity index (χ1) is 10.6. The number of ether oxygens (including phenoxy) is 1. The highest BCUT2D eigenvalue weighted by molar-refractivity contribution is 5.74. The van der Waals surface area contributed by atoms with Crippen LogP contribution in [0.3, 0.4) is 0 Å². The van der Waals surface area contributed by atoms with Gasteiger partial charge in [0.2, 0.25) is 0 Å². The van der Waals surface area contributed by atoms with Crippen LogP contribution in [0.2, 0.25) is 0 Å². The summed E-state index contributed by atoms with van der Waals surface area (Å²) in [5.74, 6) is -0.266. The van der Waals surface area contributed by atoms with E-state index < -0.39 is 0 Å². The van der Waals surface area contributed by atoms with Gasteiger partial charge in [0.15, 0.2) is 0 Å². The molecule has 0 unspecified atom stereocenters. The van der Waals surface area contributed by atoms with Crippen molar-refractivity contribution in [2.45, 2.75) is 18.3 Å². The first-order valence-corrected chi connectivity index (χ1v) is 7.51. The highest BCUT2D eigenvalue weighted by atomic mass is 19.1. The maximum Gasteiger partial charge on any atom is 0.317 e. The number of amides is 2. The van der Waals surface area contributed by atoms with E-state index >= 15 is 0 Å². The standard InChI is InChI=1S/C16H23FN2O3/c1-19(8-9-20)15(21)18-12-16(6-10-22-11-7-16)13-2-4-14(17)5-3-13/h2-5,20H,6-12H2,1H3,(H,18,21). The lowest BCUT2D eigenvalue weighted by molar-refractivity contribution is 0.0501. The number of nitrogens with one attached hydrogen (secondary N) is 1. The molecular weight excluding hydrogens is 287 g/mol. The van der Waals surface area contributed by atoms with Crippen LogP contribution in [0.25, 0.3) is 0 Å². The second-order valence-corrected chi connectivity index (χ2v) is 5.70. The summed E-state index contributed by atoms with van der Waals surface area (Å²) in [5, 5.41) is 11.8. The molecule has 1 aromatic rings. The van der Waals surface area contributed by atoms with Crippen LogP contribution in [0.5, 0.6) is 0 Å². The number of urea groups is 1. The fraction of sp³-hybridized carbons (Fsp3) is 0.562. The second kappa shape index (κ2) is 7.56. The first kappa shape index (κ1) is 16.7. The van der Waals surface area contributed by atoms with E-state index in [1.54, 1.807) is 19.2 Å². The summed E-state index contributed by atoms with van der Waals surface area (Å²) in [5.41, 5.74) is 0.782. The van der Waals surface area contributed by atoms with Gasteiger partial charge in [0, 0.05) is 38.8 Å². The van der Waals surface area contributed by atoms with Gasteiger partial charge in [-0.15, -0.1) is 0 Å². The lowest BCUT2D eigenvalue weighted by Gasteiger charge is -2.38. The van der Waals surface area contributed by atoms with Gasteiger partial charge in [0.25, 0.3) is 0 Å². The van der Waals surface area contributed by atoms with Crippen molar-refractivity contribution in [2.75, 3.05) is 40.0 Å². The number of carbonyl (C=O) groups excluding carboxylic acids is 1. The predicted molar refractivity (Wildman–Crippen MR) is 81.2 cm³/mol. The molecule has 0 spiro atoms. The molecule has 1 aliphatic rings. The van der Waals surface area contributed by atoms with Gasteiger partial charge in [-0.3, -0.25) is 0 Å². The van der Waals surface area contributed by atoms with Gasteiger partial charge < -0.3 is 20.1 Å². The molecule has 0 aromatic heterocycles. The average molecular weight is 310 g/mol. The van der Waals surface area contributed by atoms with Crippen LogP contribution in [0.15, 0.2) is 24.3 Å². The number of benzene rings is 1. The molecule has 0 aliphatic carbocycles. The molecule has 1 aromatic carbocycles. The van der Waals surface area contributed by atoms with Crippen LogP contribution in [0.1, 0.15) is 18.4 Å². The Bertz CT molecular complexity index is 487. The fourth-order valence-electron chi connectivity index (χ4n) is 2.76. The summed E-state index contributed by atoms with van der Waals surface area (Å²) in [6.07, 6.45) is 1.56. The zero-order valence-corrected chi connectivity index (χ0v) is 12.8. The predicted octanol–water partition coefficient (Wildman–Crippen LogP) is 1.51. The van der Waals surface area contributed by atoms with Gasteiger partial charge >= 0.3 is 6.03 Å². The molecule has 6 heteroatoms. The van der Waals surface area contributed by atoms with Crippen LogP contribution in [-0.2, 0) is 10.2 Å². The summed E-state index contributed by atoms with van der Waals surface area (Å²) in [4.78, 5) is 13.5. The minimum Gasteiger partial charge on any atom is -0.395 e. The Labute approximate surface area is 130 Å². The first-order valence-electron chi connectivity index (χ1n) is 7.51. The van der Waals surface area contributed by atoms with Crippen molar-refractivity contribution in [2.24, 2.45) is 0 Å². The van der Waals surface area contributed by atoms with Crippen LogP contribution in [0, 0.1) is 5.82 Å². The Kier molecular flexibility index (Phi) is 5.74. The topological polar surface area (TPSA) is 61.8 Å². The van der Waals surface area contributed by atoms with Crippen molar-refractivity contribution in [1.82, 2.24) is 10.2 Å². The molecule has 0 saturated carbocycles. The van der Waals surface area contributed by atoms with Crippen molar-refractivity contribution < 1.29 is 19.0 Å². The van der Waals surface area contributed by atoms with Crippen LogP contribution >= 0.6 is 0 Å². The maximum absolute atomic E-state index is 13.2. The molecule has 22 heavy (non-hydrogen) atoms. The number of nitrogens with zero attached hydrogens (tertiary/aromatic N) is 1. The monoisotopic (exact) mass is 310 g/mol. The number of hydrogen-bond donors (Lipinski definition) is 2. The minimum absolute atomic E-state index is 0.0686. The highest BCUT2D eigenvalue weighted by Crippen LogP contribution is 2.34. The number of aliphatic hydroxyl groups is 1. The minimum atomic E-state index is -0.266. The number of likely N-dealkylation sites (N-methyl/N-ethyl adjacent to an activating group) is 1. The van der Waals surface area contributed by atoms with Crippen molar-refractivity contribution in [3.8, 4) is 0 Å². The number of hydrogen-bond acceptors (Lipinski definition) is 3. The highest BCUT2D eigenvalue weighted by Gasteiger charge is 2.35. The molecule has 0 radical (unpaired) electrons. The third kappa shape index (κ3) is 3.96. The Hall–Kier alpha value is -1.66. The van der Waals surface area contributed by atoms with E-state index in [2.05, 4.69) is 5.32 Å². The second-order valence-electron chi connectivity index (χ2n) is 5.70. The SMILES string of the molecule is CN(CCO)C(=O)NCC1(c2ccc(F)cc2)CCOCC1. The molecule has 0 bridgehead atoms. The van der Waals surface area contributed by atoms with E-state index in [1.807, 2.05) is 0 Å². The fourth-order valence-corrected chi connectivity index (χ4v) is 2.76. The number of carbonyl (C=O) groups is 1. The van der Waals surface area contributed by atoms with E-state index in [4.69, 9.17) is 9.84 Å². The van der Waals surface area contributed by atoms with E-state index in [0.29, 0.717) is 26.3 Å². The third-order valence-corrected chi connectivity index (χ3v) is 4.27. The summed E-state index contributed by atoms with van der Waals surface area (Å²) < 4.78 is 18.6. The molecule has 2 N–H and O–H groups in total. The van der Waals surface area contributed by atoms with Gasteiger partial charge in [0.1, 0.15) is 5.82 Å². The van der Waals surface area contributed by atoms with Crippen molar-refractivity contribution in [3.63, 3.8) is 0 Å². The number of aliphatic hydroxyl groups excluding tert-OH is 1. The van der Waals surface area contributed by atoms with E-state index in [9.17, 15) is 9.18 Å². The van der Waals surface area contributed by atoms with Crippen LogP contribution in [0.4, 0.5) is 9.18 Å². The molecule has 1 heterocycles. The van der Waals surface area contributed by atoms with Gasteiger partial charge in [-0.05, 0) is 30.5 Å². The van der Waals surface area contributed by atoms with Crippen molar-refractivity contribution >= 4 is 6.03 Å². The van der Waals surface area contributed by atoms with Crippen molar-refractivity contribution in [3.05, 3.63) is 35.6 Å². The molecular formula is C16H23FN2O3. The Balaban J connectivity index is 2.09. The Morgan fingerprint density at radius 2 is 2.00 bits per heavy atom. The lowest BCUT2D eigenvalue weighted by atomic mass is 9.74. The van der Waals surface area contributed by atoms with Crippen LogP contribution in [-0.4, -0.2) is 56.0 Å². The molecule has 0 atom stereocenters. The molecule has 2 amide bonds. The van der Waals surface area contributed by atoms with Gasteiger partial charge in [-0.25, -0.2) is 9.18 Å². The van der Waals surface area contributed by atoms with Gasteiger partial charge in [0.05, 0.1) is 6.61 Å². The molecule has 122 valence electrons. The molecule has 1 fully saturated rings. The van der Waals surface area contributed by atoms with Crippen LogP contribution < -0.4 is 5.32 Å². The zero-order chi connectivity index (χ0) is 16.0. The van der Waals surface area contributed by atoms with E-state index in [-0.39, 0.29) is 23.9 Å². The maximum atomic E-state index is 13.2.